The van der Waals surface area contributed by atoms with Crippen molar-refractivity contribution in [3.05, 3.63) is 28.5 Å². The van der Waals surface area contributed by atoms with Crippen LogP contribution < -0.4 is 10.2 Å². The molecule has 2 aliphatic heterocycles. The standard InChI is InChI=1S/C14H18ClFN2/c1-2-18-9-14(3-5-17-6-4-14)10-7-11(15)12(16)8-13(10)18/h7-8,17H,2-6,9H2,1H3. The number of benzene rings is 1. The largest absolute Gasteiger partial charge is 0.371 e. The molecule has 0 bridgehead atoms. The Morgan fingerprint density at radius 1 is 1.39 bits per heavy atom. The molecule has 0 radical (unpaired) electrons. The second-order valence-corrected chi connectivity index (χ2v) is 5.74. The molecule has 0 unspecified atom stereocenters. The van der Waals surface area contributed by atoms with E-state index in [1.165, 1.54) is 5.56 Å². The molecule has 4 heteroatoms. The lowest BCUT2D eigenvalue weighted by Crippen LogP contribution is -2.43. The van der Waals surface area contributed by atoms with E-state index in [4.69, 9.17) is 11.6 Å². The molecule has 1 fully saturated rings. The Balaban J connectivity index is 2.10. The summed E-state index contributed by atoms with van der Waals surface area (Å²) in [5.74, 6) is -0.306. The van der Waals surface area contributed by atoms with Crippen LogP contribution in [0.25, 0.3) is 0 Å². The zero-order valence-electron chi connectivity index (χ0n) is 10.6. The number of anilines is 1. The van der Waals surface area contributed by atoms with Crippen molar-refractivity contribution in [1.29, 1.82) is 0 Å². The molecule has 0 amide bonds. The van der Waals surface area contributed by atoms with Crippen molar-refractivity contribution in [2.45, 2.75) is 25.2 Å². The highest BCUT2D eigenvalue weighted by Gasteiger charge is 2.43. The highest BCUT2D eigenvalue weighted by molar-refractivity contribution is 6.31. The van der Waals surface area contributed by atoms with Gasteiger partial charge in [0.05, 0.1) is 5.02 Å². The quantitative estimate of drug-likeness (QED) is 0.843. The van der Waals surface area contributed by atoms with Gasteiger partial charge in [0.1, 0.15) is 5.82 Å². The van der Waals surface area contributed by atoms with Crippen LogP contribution in [-0.4, -0.2) is 26.2 Å². The lowest BCUT2D eigenvalue weighted by Gasteiger charge is -2.35. The first-order chi connectivity index (χ1) is 8.66. The first kappa shape index (κ1) is 12.2. The van der Waals surface area contributed by atoms with Gasteiger partial charge in [-0.3, -0.25) is 0 Å². The summed E-state index contributed by atoms with van der Waals surface area (Å²) in [6.45, 7) is 6.11. The molecule has 1 saturated heterocycles. The number of hydrogen-bond acceptors (Lipinski definition) is 2. The summed E-state index contributed by atoms with van der Waals surface area (Å²) in [6, 6.07) is 3.46. The van der Waals surface area contributed by atoms with Crippen molar-refractivity contribution in [3.63, 3.8) is 0 Å². The highest BCUT2D eigenvalue weighted by atomic mass is 35.5. The number of fused-ring (bicyclic) bond motifs is 2. The Kier molecular flexibility index (Phi) is 2.99. The zero-order valence-corrected chi connectivity index (χ0v) is 11.4. The summed E-state index contributed by atoms with van der Waals surface area (Å²) in [5.41, 5.74) is 2.46. The summed E-state index contributed by atoms with van der Waals surface area (Å²) in [5, 5.41) is 3.65. The van der Waals surface area contributed by atoms with Crippen molar-refractivity contribution in [2.75, 3.05) is 31.1 Å². The van der Waals surface area contributed by atoms with Gasteiger partial charge >= 0.3 is 0 Å². The van der Waals surface area contributed by atoms with Crippen molar-refractivity contribution in [2.24, 2.45) is 0 Å². The Morgan fingerprint density at radius 2 is 2.11 bits per heavy atom. The number of hydrogen-bond donors (Lipinski definition) is 1. The minimum Gasteiger partial charge on any atom is -0.371 e. The molecular weight excluding hydrogens is 251 g/mol. The van der Waals surface area contributed by atoms with Gasteiger partial charge in [-0.15, -0.1) is 0 Å². The van der Waals surface area contributed by atoms with E-state index in [9.17, 15) is 4.39 Å². The number of nitrogens with zero attached hydrogens (tertiary/aromatic N) is 1. The van der Waals surface area contributed by atoms with E-state index in [0.29, 0.717) is 0 Å². The predicted molar refractivity (Wildman–Crippen MR) is 73.1 cm³/mol. The van der Waals surface area contributed by atoms with Crippen molar-refractivity contribution >= 4 is 17.3 Å². The molecule has 18 heavy (non-hydrogen) atoms. The van der Waals surface area contributed by atoms with Crippen LogP contribution in [0.5, 0.6) is 0 Å². The minimum atomic E-state index is -0.306. The molecule has 0 aliphatic carbocycles. The lowest BCUT2D eigenvalue weighted by molar-refractivity contribution is 0.326. The molecule has 3 rings (SSSR count). The molecule has 2 nitrogen and oxygen atoms in total. The third kappa shape index (κ3) is 1.72. The fourth-order valence-corrected chi connectivity index (χ4v) is 3.54. The first-order valence-electron chi connectivity index (χ1n) is 6.61. The van der Waals surface area contributed by atoms with Gasteiger partial charge in [0.2, 0.25) is 0 Å². The van der Waals surface area contributed by atoms with Gasteiger partial charge in [0, 0.05) is 24.2 Å². The van der Waals surface area contributed by atoms with Crippen LogP contribution in [0.3, 0.4) is 0 Å². The monoisotopic (exact) mass is 268 g/mol. The summed E-state index contributed by atoms with van der Waals surface area (Å²) in [7, 11) is 0. The normalized spacial score (nSPS) is 21.4. The van der Waals surface area contributed by atoms with Crippen molar-refractivity contribution in [3.8, 4) is 0 Å². The number of likely N-dealkylation sites (N-methyl/N-ethyl adjacent to an activating group) is 1. The molecule has 1 aromatic rings. The Labute approximate surface area is 112 Å². The molecule has 1 spiro atoms. The Bertz CT molecular complexity index is 469. The number of rotatable bonds is 1. The summed E-state index contributed by atoms with van der Waals surface area (Å²) in [4.78, 5) is 2.28. The average molecular weight is 269 g/mol. The molecule has 0 saturated carbocycles. The number of halogens is 2. The molecule has 0 aromatic heterocycles. The van der Waals surface area contributed by atoms with Gasteiger partial charge in [-0.05, 0) is 50.6 Å². The van der Waals surface area contributed by atoms with E-state index in [2.05, 4.69) is 17.1 Å². The van der Waals surface area contributed by atoms with Crippen LogP contribution in [0.1, 0.15) is 25.3 Å². The minimum absolute atomic E-state index is 0.175. The van der Waals surface area contributed by atoms with E-state index in [-0.39, 0.29) is 16.3 Å². The highest BCUT2D eigenvalue weighted by Crippen LogP contribution is 2.47. The van der Waals surface area contributed by atoms with E-state index in [1.807, 2.05) is 6.07 Å². The molecule has 2 aliphatic rings. The maximum Gasteiger partial charge on any atom is 0.143 e. The van der Waals surface area contributed by atoms with Gasteiger partial charge in [0.25, 0.3) is 0 Å². The SMILES string of the molecule is CCN1CC2(CCNCC2)c2cc(Cl)c(F)cc21. The molecule has 98 valence electrons. The van der Waals surface area contributed by atoms with Crippen LogP contribution in [0.15, 0.2) is 12.1 Å². The zero-order chi connectivity index (χ0) is 12.8. The fraction of sp³-hybridized carbons (Fsp3) is 0.571. The molecule has 2 heterocycles. The molecule has 1 N–H and O–H groups in total. The van der Waals surface area contributed by atoms with Gasteiger partial charge in [-0.1, -0.05) is 11.6 Å². The van der Waals surface area contributed by atoms with Crippen LogP contribution in [0.2, 0.25) is 5.02 Å². The van der Waals surface area contributed by atoms with E-state index >= 15 is 0 Å². The lowest BCUT2D eigenvalue weighted by atomic mass is 9.75. The summed E-state index contributed by atoms with van der Waals surface area (Å²) in [6.07, 6.45) is 2.22. The summed E-state index contributed by atoms with van der Waals surface area (Å²) >= 11 is 5.98. The Morgan fingerprint density at radius 3 is 2.78 bits per heavy atom. The number of piperidine rings is 1. The van der Waals surface area contributed by atoms with Crippen LogP contribution in [-0.2, 0) is 5.41 Å². The predicted octanol–water partition coefficient (Wildman–Crippen LogP) is 2.94. The van der Waals surface area contributed by atoms with Gasteiger partial charge in [0.15, 0.2) is 0 Å². The van der Waals surface area contributed by atoms with Gasteiger partial charge in [-0.2, -0.15) is 0 Å². The van der Waals surface area contributed by atoms with E-state index in [1.54, 1.807) is 6.07 Å². The van der Waals surface area contributed by atoms with Crippen molar-refractivity contribution in [1.82, 2.24) is 5.32 Å². The van der Waals surface area contributed by atoms with Crippen molar-refractivity contribution < 1.29 is 4.39 Å². The van der Waals surface area contributed by atoms with Crippen LogP contribution >= 0.6 is 11.6 Å². The third-order valence-corrected chi connectivity index (χ3v) is 4.68. The fourth-order valence-electron chi connectivity index (χ4n) is 3.37. The van der Waals surface area contributed by atoms with E-state index in [0.717, 1.165) is 44.7 Å². The van der Waals surface area contributed by atoms with Gasteiger partial charge < -0.3 is 10.2 Å². The number of nitrogens with one attached hydrogen (secondary N) is 1. The van der Waals surface area contributed by atoms with Crippen LogP contribution in [0.4, 0.5) is 10.1 Å². The maximum absolute atomic E-state index is 13.7. The molecule has 1 aromatic carbocycles. The Hall–Kier alpha value is -0.800. The van der Waals surface area contributed by atoms with E-state index < -0.39 is 0 Å². The smallest absolute Gasteiger partial charge is 0.143 e. The van der Waals surface area contributed by atoms with Crippen LogP contribution in [0, 0.1) is 5.82 Å². The topological polar surface area (TPSA) is 15.3 Å². The van der Waals surface area contributed by atoms with Gasteiger partial charge in [-0.25, -0.2) is 4.39 Å². The summed E-state index contributed by atoms with van der Waals surface area (Å²) < 4.78 is 13.7. The second-order valence-electron chi connectivity index (χ2n) is 5.33. The average Bonchev–Trinajstić information content (AvgIpc) is 2.66. The second kappa shape index (κ2) is 4.39. The molecular formula is C14H18ClFN2. The maximum atomic E-state index is 13.7. The molecule has 0 atom stereocenters. The third-order valence-electron chi connectivity index (χ3n) is 4.39. The first-order valence-corrected chi connectivity index (χ1v) is 6.99.